The molecule has 0 atom stereocenters. The summed E-state index contributed by atoms with van der Waals surface area (Å²) in [5, 5.41) is 8.80. The van der Waals surface area contributed by atoms with Gasteiger partial charge < -0.3 is 9.84 Å². The number of benzene rings is 1. The zero-order valence-corrected chi connectivity index (χ0v) is 10.4. The summed E-state index contributed by atoms with van der Waals surface area (Å²) in [5.74, 6) is -3.20. The second kappa shape index (κ2) is 4.39. The van der Waals surface area contributed by atoms with Gasteiger partial charge in [-0.25, -0.2) is 8.78 Å². The Morgan fingerprint density at radius 1 is 1.56 bits per heavy atom. The van der Waals surface area contributed by atoms with Crippen molar-refractivity contribution in [1.29, 1.82) is 0 Å². The smallest absolute Gasteiger partial charge is 0.304 e. The molecule has 0 unspecified atom stereocenters. The summed E-state index contributed by atoms with van der Waals surface area (Å²) in [7, 11) is 1.29. The minimum atomic E-state index is -1.09. The van der Waals surface area contributed by atoms with E-state index in [-0.39, 0.29) is 22.8 Å². The highest BCUT2D eigenvalue weighted by molar-refractivity contribution is 6.32. The average molecular weight is 277 g/mol. The molecule has 0 heterocycles. The Bertz CT molecular complexity index is 513. The highest BCUT2D eigenvalue weighted by atomic mass is 35.5. The van der Waals surface area contributed by atoms with Crippen molar-refractivity contribution in [3.63, 3.8) is 0 Å². The predicted molar refractivity (Wildman–Crippen MR) is 61.1 cm³/mol. The molecule has 1 aromatic carbocycles. The number of hydrogen-bond acceptors (Lipinski definition) is 2. The summed E-state index contributed by atoms with van der Waals surface area (Å²) >= 11 is 5.80. The van der Waals surface area contributed by atoms with Crippen LogP contribution in [-0.4, -0.2) is 18.2 Å². The van der Waals surface area contributed by atoms with Gasteiger partial charge in [0.2, 0.25) is 0 Å². The standard InChI is InChI=1S/C12H11ClF2O3/c1-18-11-6(13)4-7(14)10(15)9(11)12(2-3-12)5-8(16)17/h4H,2-3,5H2,1H3,(H,16,17). The minimum absolute atomic E-state index is 0.0225. The molecule has 1 fully saturated rings. The fraction of sp³-hybridized carbons (Fsp3) is 0.417. The van der Waals surface area contributed by atoms with E-state index < -0.39 is 23.0 Å². The number of carboxylic acids is 1. The first-order valence-corrected chi connectivity index (χ1v) is 5.73. The van der Waals surface area contributed by atoms with Crippen LogP contribution in [0.3, 0.4) is 0 Å². The zero-order chi connectivity index (χ0) is 13.5. The van der Waals surface area contributed by atoms with Crippen LogP contribution in [0.2, 0.25) is 5.02 Å². The van der Waals surface area contributed by atoms with Crippen LogP contribution in [0.15, 0.2) is 6.07 Å². The lowest BCUT2D eigenvalue weighted by Crippen LogP contribution is -2.17. The van der Waals surface area contributed by atoms with Crippen molar-refractivity contribution in [3.05, 3.63) is 28.3 Å². The molecular weight excluding hydrogens is 266 g/mol. The summed E-state index contributed by atoms with van der Waals surface area (Å²) in [6.07, 6.45) is 0.693. The van der Waals surface area contributed by atoms with Crippen molar-refractivity contribution in [2.24, 2.45) is 0 Å². The topological polar surface area (TPSA) is 46.5 Å². The van der Waals surface area contributed by atoms with Crippen molar-refractivity contribution in [2.75, 3.05) is 7.11 Å². The number of halogens is 3. The highest BCUT2D eigenvalue weighted by Gasteiger charge is 2.50. The van der Waals surface area contributed by atoms with E-state index in [9.17, 15) is 13.6 Å². The van der Waals surface area contributed by atoms with E-state index in [1.807, 2.05) is 0 Å². The van der Waals surface area contributed by atoms with Crippen LogP contribution in [-0.2, 0) is 10.2 Å². The number of ether oxygens (including phenoxy) is 1. The van der Waals surface area contributed by atoms with Crippen LogP contribution in [0, 0.1) is 11.6 Å². The molecule has 3 nitrogen and oxygen atoms in total. The quantitative estimate of drug-likeness (QED) is 0.860. The number of rotatable bonds is 4. The normalized spacial score (nSPS) is 16.4. The maximum Gasteiger partial charge on any atom is 0.304 e. The van der Waals surface area contributed by atoms with E-state index >= 15 is 0 Å². The lowest BCUT2D eigenvalue weighted by Gasteiger charge is -2.19. The van der Waals surface area contributed by atoms with Gasteiger partial charge in [-0.1, -0.05) is 11.6 Å². The molecular formula is C12H11ClF2O3. The van der Waals surface area contributed by atoms with Crippen molar-refractivity contribution in [1.82, 2.24) is 0 Å². The Kier molecular flexibility index (Phi) is 3.19. The Morgan fingerprint density at radius 3 is 2.61 bits per heavy atom. The van der Waals surface area contributed by atoms with Gasteiger partial charge in [-0.3, -0.25) is 4.79 Å². The number of carboxylic acid groups (broad SMARTS) is 1. The van der Waals surface area contributed by atoms with E-state index in [2.05, 4.69) is 0 Å². The van der Waals surface area contributed by atoms with Gasteiger partial charge in [-0.05, 0) is 18.9 Å². The molecule has 6 heteroatoms. The van der Waals surface area contributed by atoms with E-state index in [0.29, 0.717) is 12.8 Å². The average Bonchev–Trinajstić information content (AvgIpc) is 3.02. The lowest BCUT2D eigenvalue weighted by atomic mass is 9.91. The second-order valence-corrected chi connectivity index (χ2v) is 4.82. The molecule has 1 aliphatic carbocycles. The molecule has 0 radical (unpaired) electrons. The van der Waals surface area contributed by atoms with Crippen LogP contribution in [0.25, 0.3) is 0 Å². The van der Waals surface area contributed by atoms with Gasteiger partial charge in [0, 0.05) is 11.0 Å². The molecule has 1 aromatic rings. The summed E-state index contributed by atoms with van der Waals surface area (Å²) in [5.41, 5.74) is -0.954. The van der Waals surface area contributed by atoms with Gasteiger partial charge in [0.1, 0.15) is 5.75 Å². The molecule has 0 spiro atoms. The molecule has 18 heavy (non-hydrogen) atoms. The molecule has 98 valence electrons. The monoisotopic (exact) mass is 276 g/mol. The molecule has 0 aliphatic heterocycles. The van der Waals surface area contributed by atoms with Crippen molar-refractivity contribution in [3.8, 4) is 5.75 Å². The van der Waals surface area contributed by atoms with Gasteiger partial charge in [-0.2, -0.15) is 0 Å². The van der Waals surface area contributed by atoms with Gasteiger partial charge in [-0.15, -0.1) is 0 Å². The summed E-state index contributed by atoms with van der Waals surface area (Å²) in [4.78, 5) is 10.8. The summed E-state index contributed by atoms with van der Waals surface area (Å²) in [6.45, 7) is 0. The molecule has 0 bridgehead atoms. The SMILES string of the molecule is COc1c(Cl)cc(F)c(F)c1C1(CC(=O)O)CC1. The van der Waals surface area contributed by atoms with E-state index in [0.717, 1.165) is 6.07 Å². The predicted octanol–water partition coefficient (Wildman–Crippen LogP) is 3.13. The highest BCUT2D eigenvalue weighted by Crippen LogP contribution is 2.56. The number of aliphatic carboxylic acids is 1. The first kappa shape index (κ1) is 13.1. The Balaban J connectivity index is 2.59. The fourth-order valence-electron chi connectivity index (χ4n) is 2.21. The lowest BCUT2D eigenvalue weighted by molar-refractivity contribution is -0.137. The van der Waals surface area contributed by atoms with Crippen LogP contribution in [0.4, 0.5) is 8.78 Å². The second-order valence-electron chi connectivity index (χ2n) is 4.41. The third-order valence-electron chi connectivity index (χ3n) is 3.20. The van der Waals surface area contributed by atoms with Crippen molar-refractivity contribution < 1.29 is 23.4 Å². The molecule has 1 aliphatic rings. The van der Waals surface area contributed by atoms with Crippen LogP contribution >= 0.6 is 11.6 Å². The van der Waals surface area contributed by atoms with Crippen LogP contribution < -0.4 is 4.74 Å². The Hall–Kier alpha value is -1.36. The Labute approximate surface area is 107 Å². The largest absolute Gasteiger partial charge is 0.495 e. The maximum absolute atomic E-state index is 13.9. The van der Waals surface area contributed by atoms with E-state index in [4.69, 9.17) is 21.4 Å². The molecule has 0 saturated heterocycles. The third kappa shape index (κ3) is 2.03. The molecule has 1 saturated carbocycles. The maximum atomic E-state index is 13.9. The molecule has 0 amide bonds. The number of hydrogen-bond donors (Lipinski definition) is 1. The first-order chi connectivity index (χ1) is 8.41. The third-order valence-corrected chi connectivity index (χ3v) is 3.48. The van der Waals surface area contributed by atoms with Crippen LogP contribution in [0.5, 0.6) is 5.75 Å². The minimum Gasteiger partial charge on any atom is -0.495 e. The van der Waals surface area contributed by atoms with Gasteiger partial charge in [0.25, 0.3) is 0 Å². The van der Waals surface area contributed by atoms with E-state index in [1.54, 1.807) is 0 Å². The first-order valence-electron chi connectivity index (χ1n) is 5.35. The molecule has 1 N–H and O–H groups in total. The van der Waals surface area contributed by atoms with E-state index in [1.165, 1.54) is 7.11 Å². The molecule has 0 aromatic heterocycles. The Morgan fingerprint density at radius 2 is 2.17 bits per heavy atom. The fourth-order valence-corrected chi connectivity index (χ4v) is 2.47. The molecule has 2 rings (SSSR count). The summed E-state index contributed by atoms with van der Waals surface area (Å²) in [6, 6.07) is 0.829. The van der Waals surface area contributed by atoms with Crippen molar-refractivity contribution in [2.45, 2.75) is 24.7 Å². The number of methoxy groups -OCH3 is 1. The number of carbonyl (C=O) groups is 1. The summed E-state index contributed by atoms with van der Waals surface area (Å²) < 4.78 is 32.3. The van der Waals surface area contributed by atoms with Crippen LogP contribution in [0.1, 0.15) is 24.8 Å². The zero-order valence-electron chi connectivity index (χ0n) is 9.60. The van der Waals surface area contributed by atoms with Gasteiger partial charge in [0.15, 0.2) is 11.6 Å². The van der Waals surface area contributed by atoms with Crippen molar-refractivity contribution >= 4 is 17.6 Å². The van der Waals surface area contributed by atoms with Gasteiger partial charge in [0.05, 0.1) is 18.6 Å². The van der Waals surface area contributed by atoms with Gasteiger partial charge >= 0.3 is 5.97 Å².